The molecule has 3 aromatic rings. The Morgan fingerprint density at radius 1 is 1.21 bits per heavy atom. The molecule has 2 amide bonds. The van der Waals surface area contributed by atoms with Crippen LogP contribution in [0.2, 0.25) is 0 Å². The average Bonchev–Trinajstić information content (AvgIpc) is 3.39. The Kier molecular flexibility index (Phi) is 5.16. The fourth-order valence-electron chi connectivity index (χ4n) is 3.52. The van der Waals surface area contributed by atoms with Crippen LogP contribution in [0.5, 0.6) is 0 Å². The third-order valence-electron chi connectivity index (χ3n) is 5.37. The molecule has 6 nitrogen and oxygen atoms in total. The largest absolute Gasteiger partial charge is 0.464 e. The molecule has 148 valence electrons. The molecule has 0 unspecified atom stereocenters. The highest BCUT2D eigenvalue weighted by Gasteiger charge is 2.35. The zero-order valence-electron chi connectivity index (χ0n) is 16.5. The summed E-state index contributed by atoms with van der Waals surface area (Å²) in [6.07, 6.45) is 5.28. The second-order valence-electron chi connectivity index (χ2n) is 7.45. The fraction of sp³-hybridized carbons (Fsp3) is 0.261. The van der Waals surface area contributed by atoms with Gasteiger partial charge >= 0.3 is 0 Å². The molecule has 0 spiro atoms. The number of aryl methyl sites for hydroxylation is 2. The Labute approximate surface area is 169 Å². The highest BCUT2D eigenvalue weighted by atomic mass is 16.3. The first-order valence-corrected chi connectivity index (χ1v) is 9.64. The van der Waals surface area contributed by atoms with E-state index in [0.29, 0.717) is 13.1 Å². The second-order valence-corrected chi connectivity index (χ2v) is 7.45. The van der Waals surface area contributed by atoms with Gasteiger partial charge in [-0.15, -0.1) is 0 Å². The number of aromatic nitrogens is 1. The predicted molar refractivity (Wildman–Crippen MR) is 110 cm³/mol. The van der Waals surface area contributed by atoms with Crippen molar-refractivity contribution in [2.24, 2.45) is 5.92 Å². The van der Waals surface area contributed by atoms with Crippen molar-refractivity contribution < 1.29 is 14.0 Å². The molecule has 1 atom stereocenters. The zero-order valence-corrected chi connectivity index (χ0v) is 16.5. The maximum atomic E-state index is 12.6. The molecule has 0 aliphatic carbocycles. The van der Waals surface area contributed by atoms with E-state index in [1.165, 1.54) is 5.56 Å². The Bertz CT molecular complexity index is 1040. The highest BCUT2D eigenvalue weighted by molar-refractivity contribution is 6.00. The zero-order chi connectivity index (χ0) is 20.4. The Morgan fingerprint density at radius 2 is 2.07 bits per heavy atom. The third-order valence-corrected chi connectivity index (χ3v) is 5.37. The molecule has 1 aliphatic rings. The van der Waals surface area contributed by atoms with Gasteiger partial charge in [-0.25, -0.2) is 0 Å². The molecule has 1 fully saturated rings. The number of hydrogen-bond donors (Lipinski definition) is 1. The molecular formula is C23H23N3O3. The Hall–Kier alpha value is -3.41. The summed E-state index contributed by atoms with van der Waals surface area (Å²) in [5, 5.41) is 2.94. The van der Waals surface area contributed by atoms with Crippen LogP contribution in [0, 0.1) is 19.8 Å². The smallest absolute Gasteiger partial charge is 0.227 e. The van der Waals surface area contributed by atoms with E-state index in [-0.39, 0.29) is 24.2 Å². The number of rotatable bonds is 5. The highest BCUT2D eigenvalue weighted by Crippen LogP contribution is 2.27. The van der Waals surface area contributed by atoms with Gasteiger partial charge in [0.25, 0.3) is 0 Å². The summed E-state index contributed by atoms with van der Waals surface area (Å²) in [5.41, 5.74) is 4.90. The molecule has 0 radical (unpaired) electrons. The molecule has 0 saturated carbocycles. The molecule has 1 N–H and O–H groups in total. The lowest BCUT2D eigenvalue weighted by Crippen LogP contribution is -2.32. The topological polar surface area (TPSA) is 75.4 Å². The van der Waals surface area contributed by atoms with Crippen LogP contribution in [0.25, 0.3) is 11.3 Å². The van der Waals surface area contributed by atoms with Gasteiger partial charge in [0.1, 0.15) is 5.76 Å². The minimum Gasteiger partial charge on any atom is -0.464 e. The van der Waals surface area contributed by atoms with E-state index in [9.17, 15) is 9.59 Å². The van der Waals surface area contributed by atoms with E-state index in [4.69, 9.17) is 4.42 Å². The minimum absolute atomic E-state index is 0.0186. The molecule has 3 heterocycles. The van der Waals surface area contributed by atoms with Gasteiger partial charge < -0.3 is 14.6 Å². The fourth-order valence-corrected chi connectivity index (χ4v) is 3.52. The summed E-state index contributed by atoms with van der Waals surface area (Å²) in [5.74, 6) is 0.240. The van der Waals surface area contributed by atoms with E-state index < -0.39 is 0 Å². The number of carbonyl (C=O) groups excluding carboxylic acids is 2. The monoisotopic (exact) mass is 389 g/mol. The maximum Gasteiger partial charge on any atom is 0.227 e. The summed E-state index contributed by atoms with van der Waals surface area (Å²) in [7, 11) is 0. The van der Waals surface area contributed by atoms with Gasteiger partial charge in [-0.2, -0.15) is 0 Å². The van der Waals surface area contributed by atoms with Gasteiger partial charge in [-0.1, -0.05) is 6.07 Å². The molecule has 1 aromatic carbocycles. The van der Waals surface area contributed by atoms with Crippen molar-refractivity contribution in [3.63, 3.8) is 0 Å². The molecule has 0 bridgehead atoms. The van der Waals surface area contributed by atoms with Gasteiger partial charge in [0.15, 0.2) is 0 Å². The van der Waals surface area contributed by atoms with Crippen LogP contribution in [0.4, 0.5) is 5.69 Å². The molecule has 29 heavy (non-hydrogen) atoms. The quantitative estimate of drug-likeness (QED) is 0.723. The van der Waals surface area contributed by atoms with Crippen LogP contribution < -0.4 is 10.2 Å². The van der Waals surface area contributed by atoms with Crippen molar-refractivity contribution in [3.05, 3.63) is 71.7 Å². The first kappa shape index (κ1) is 18.9. The normalized spacial score (nSPS) is 16.3. The lowest BCUT2D eigenvalue weighted by Gasteiger charge is -2.18. The lowest BCUT2D eigenvalue weighted by atomic mass is 10.1. The van der Waals surface area contributed by atoms with Crippen LogP contribution in [-0.2, 0) is 16.1 Å². The molecule has 2 aromatic heterocycles. The molecule has 1 saturated heterocycles. The Balaban J connectivity index is 1.39. The van der Waals surface area contributed by atoms with Crippen molar-refractivity contribution in [2.75, 3.05) is 11.4 Å². The van der Waals surface area contributed by atoms with Gasteiger partial charge in [0, 0.05) is 43.2 Å². The number of amides is 2. The van der Waals surface area contributed by atoms with Crippen molar-refractivity contribution >= 4 is 17.5 Å². The van der Waals surface area contributed by atoms with Crippen molar-refractivity contribution in [2.45, 2.75) is 26.8 Å². The van der Waals surface area contributed by atoms with Crippen molar-refractivity contribution in [1.29, 1.82) is 0 Å². The first-order valence-electron chi connectivity index (χ1n) is 9.64. The van der Waals surface area contributed by atoms with Crippen LogP contribution in [0.3, 0.4) is 0 Å². The van der Waals surface area contributed by atoms with Crippen molar-refractivity contribution in [3.8, 4) is 11.3 Å². The van der Waals surface area contributed by atoms with E-state index in [0.717, 1.165) is 28.1 Å². The van der Waals surface area contributed by atoms with E-state index >= 15 is 0 Å². The summed E-state index contributed by atoms with van der Waals surface area (Å²) >= 11 is 0. The van der Waals surface area contributed by atoms with E-state index in [1.54, 1.807) is 23.6 Å². The summed E-state index contributed by atoms with van der Waals surface area (Å²) < 4.78 is 5.39. The molecule has 6 heteroatoms. The first-order chi connectivity index (χ1) is 14.0. The third kappa shape index (κ3) is 4.06. The van der Waals surface area contributed by atoms with Crippen LogP contribution in [0.15, 0.2) is 59.5 Å². The number of furan rings is 1. The number of nitrogens with one attached hydrogen (secondary N) is 1. The number of anilines is 1. The number of benzene rings is 1. The summed E-state index contributed by atoms with van der Waals surface area (Å²) in [6, 6.07) is 11.6. The number of hydrogen-bond acceptors (Lipinski definition) is 4. The number of carbonyl (C=O) groups is 2. The van der Waals surface area contributed by atoms with Crippen LogP contribution in [0.1, 0.15) is 23.1 Å². The Morgan fingerprint density at radius 3 is 2.83 bits per heavy atom. The lowest BCUT2D eigenvalue weighted by molar-refractivity contribution is -0.126. The standard InChI is InChI=1S/C23H23N3O3/c1-15-5-6-20(8-16(15)2)26-14-19(10-22(26)27)23(28)25-12-17-9-18(13-24-11-17)21-4-3-7-29-21/h3-9,11,13,19H,10,12,14H2,1-2H3,(H,25,28)/t19-/m0/s1. The average molecular weight is 389 g/mol. The van der Waals surface area contributed by atoms with E-state index in [1.807, 2.05) is 50.2 Å². The van der Waals surface area contributed by atoms with E-state index in [2.05, 4.69) is 10.3 Å². The SMILES string of the molecule is Cc1ccc(N2C[C@@H](C(=O)NCc3cncc(-c4ccco4)c3)CC2=O)cc1C. The van der Waals surface area contributed by atoms with Gasteiger partial charge in [-0.05, 0) is 60.9 Å². The predicted octanol–water partition coefficient (Wildman–Crippen LogP) is 3.63. The maximum absolute atomic E-state index is 12.6. The van der Waals surface area contributed by atoms with Gasteiger partial charge in [0.2, 0.25) is 11.8 Å². The number of nitrogens with zero attached hydrogens (tertiary/aromatic N) is 2. The van der Waals surface area contributed by atoms with Crippen LogP contribution >= 0.6 is 0 Å². The molecule has 4 rings (SSSR count). The summed E-state index contributed by atoms with van der Waals surface area (Å²) in [6.45, 7) is 4.82. The van der Waals surface area contributed by atoms with Crippen molar-refractivity contribution in [1.82, 2.24) is 10.3 Å². The molecular weight excluding hydrogens is 366 g/mol. The van der Waals surface area contributed by atoms with Crippen LogP contribution in [-0.4, -0.2) is 23.3 Å². The van der Waals surface area contributed by atoms with Gasteiger partial charge in [0.05, 0.1) is 12.2 Å². The molecule has 1 aliphatic heterocycles. The van der Waals surface area contributed by atoms with Gasteiger partial charge in [-0.3, -0.25) is 14.6 Å². The second kappa shape index (κ2) is 7.91. The minimum atomic E-state index is -0.356. The summed E-state index contributed by atoms with van der Waals surface area (Å²) in [4.78, 5) is 31.0. The number of pyridine rings is 1.